The monoisotopic (exact) mass is 427 g/mol. The number of ether oxygens (including phenoxy) is 2. The van der Waals surface area contributed by atoms with E-state index in [0.29, 0.717) is 11.3 Å². The molecule has 2 aromatic heterocycles. The number of thiazole rings is 1. The maximum Gasteiger partial charge on any atom is 0.411 e. The fourth-order valence-electron chi connectivity index (χ4n) is 2.93. The SMILES string of the molecule is CCOC(=O)Nc1ccc(C(=O)OCC(=O)c2cc(C)n(-c3nccs3)c2C)cc1. The minimum atomic E-state index is -0.625. The van der Waals surface area contributed by atoms with E-state index >= 15 is 0 Å². The van der Waals surface area contributed by atoms with Crippen molar-refractivity contribution in [2.24, 2.45) is 0 Å². The van der Waals surface area contributed by atoms with Gasteiger partial charge in [-0.2, -0.15) is 0 Å². The maximum atomic E-state index is 12.6. The van der Waals surface area contributed by atoms with Crippen molar-refractivity contribution in [3.63, 3.8) is 0 Å². The van der Waals surface area contributed by atoms with Crippen LogP contribution in [0.25, 0.3) is 5.13 Å². The predicted octanol–water partition coefficient (Wildman–Crippen LogP) is 4.16. The van der Waals surface area contributed by atoms with Crippen LogP contribution in [0.4, 0.5) is 10.5 Å². The highest BCUT2D eigenvalue weighted by Gasteiger charge is 2.19. The number of esters is 1. The lowest BCUT2D eigenvalue weighted by molar-refractivity contribution is 0.0474. The minimum Gasteiger partial charge on any atom is -0.454 e. The molecule has 156 valence electrons. The molecule has 1 amide bonds. The Hall–Kier alpha value is -3.46. The Morgan fingerprint density at radius 2 is 1.87 bits per heavy atom. The number of nitrogens with one attached hydrogen (secondary N) is 1. The standard InChI is InChI=1S/C21H21N3O5S/c1-4-28-21(27)23-16-7-5-15(6-8-16)19(26)29-12-18(25)17-11-13(2)24(14(17)3)20-22-9-10-30-20/h5-11H,4,12H2,1-3H3,(H,23,27). The molecular formula is C21H21N3O5S. The zero-order chi connectivity index (χ0) is 21.7. The van der Waals surface area contributed by atoms with Crippen molar-refractivity contribution in [2.75, 3.05) is 18.5 Å². The van der Waals surface area contributed by atoms with E-state index < -0.39 is 12.1 Å². The Balaban J connectivity index is 1.62. The number of carbonyl (C=O) groups is 3. The summed E-state index contributed by atoms with van der Waals surface area (Å²) in [6.07, 6.45) is 1.13. The number of benzene rings is 1. The first-order chi connectivity index (χ1) is 14.4. The average Bonchev–Trinajstić information content (AvgIpc) is 3.34. The molecule has 0 aliphatic rings. The van der Waals surface area contributed by atoms with Crippen molar-refractivity contribution in [1.29, 1.82) is 0 Å². The summed E-state index contributed by atoms with van der Waals surface area (Å²) >= 11 is 1.47. The molecule has 0 saturated heterocycles. The third kappa shape index (κ3) is 4.74. The second-order valence-electron chi connectivity index (χ2n) is 6.36. The number of rotatable bonds is 7. The molecule has 0 spiro atoms. The molecule has 0 radical (unpaired) electrons. The van der Waals surface area contributed by atoms with Gasteiger partial charge in [0.05, 0.1) is 12.2 Å². The van der Waals surface area contributed by atoms with E-state index in [9.17, 15) is 14.4 Å². The molecule has 9 heteroatoms. The van der Waals surface area contributed by atoms with E-state index in [-0.39, 0.29) is 24.6 Å². The van der Waals surface area contributed by atoms with Gasteiger partial charge in [0, 0.05) is 34.2 Å². The van der Waals surface area contributed by atoms with Crippen molar-refractivity contribution in [3.8, 4) is 5.13 Å². The van der Waals surface area contributed by atoms with Gasteiger partial charge in [0.15, 0.2) is 11.7 Å². The molecule has 0 aliphatic carbocycles. The molecule has 0 unspecified atom stereocenters. The molecule has 3 rings (SSSR count). The van der Waals surface area contributed by atoms with Crippen molar-refractivity contribution < 1.29 is 23.9 Å². The first kappa shape index (κ1) is 21.3. The highest BCUT2D eigenvalue weighted by atomic mass is 32.1. The van der Waals surface area contributed by atoms with Crippen molar-refractivity contribution in [2.45, 2.75) is 20.8 Å². The predicted molar refractivity (Wildman–Crippen MR) is 113 cm³/mol. The molecule has 30 heavy (non-hydrogen) atoms. The van der Waals surface area contributed by atoms with Crippen LogP contribution in [0, 0.1) is 13.8 Å². The van der Waals surface area contributed by atoms with Gasteiger partial charge in [-0.05, 0) is 51.1 Å². The normalized spacial score (nSPS) is 10.5. The largest absolute Gasteiger partial charge is 0.454 e. The second-order valence-corrected chi connectivity index (χ2v) is 7.23. The summed E-state index contributed by atoms with van der Waals surface area (Å²) in [6, 6.07) is 7.88. The number of amides is 1. The second kappa shape index (κ2) is 9.36. The van der Waals surface area contributed by atoms with E-state index in [2.05, 4.69) is 10.3 Å². The van der Waals surface area contributed by atoms with Crippen LogP contribution in [0.15, 0.2) is 41.9 Å². The molecular weight excluding hydrogens is 406 g/mol. The molecule has 0 aliphatic heterocycles. The van der Waals surface area contributed by atoms with Gasteiger partial charge < -0.3 is 9.47 Å². The lowest BCUT2D eigenvalue weighted by Crippen LogP contribution is -2.15. The molecule has 0 fully saturated rings. The first-order valence-electron chi connectivity index (χ1n) is 9.23. The number of carbonyl (C=O) groups excluding carboxylic acids is 3. The number of aromatic nitrogens is 2. The summed E-state index contributed by atoms with van der Waals surface area (Å²) in [5.74, 6) is -0.917. The van der Waals surface area contributed by atoms with Crippen LogP contribution >= 0.6 is 11.3 Å². The van der Waals surface area contributed by atoms with Crippen molar-refractivity contribution >= 4 is 34.9 Å². The van der Waals surface area contributed by atoms with E-state index in [1.165, 1.54) is 23.5 Å². The topological polar surface area (TPSA) is 99.5 Å². The van der Waals surface area contributed by atoms with Crippen LogP contribution in [0.2, 0.25) is 0 Å². The van der Waals surface area contributed by atoms with Gasteiger partial charge in [0.1, 0.15) is 0 Å². The lowest BCUT2D eigenvalue weighted by atomic mass is 10.1. The smallest absolute Gasteiger partial charge is 0.411 e. The van der Waals surface area contributed by atoms with E-state index in [0.717, 1.165) is 16.5 Å². The Labute approximate surface area is 177 Å². The number of hydrogen-bond acceptors (Lipinski definition) is 7. The van der Waals surface area contributed by atoms with Crippen LogP contribution in [0.5, 0.6) is 0 Å². The summed E-state index contributed by atoms with van der Waals surface area (Å²) in [5, 5.41) is 5.17. The van der Waals surface area contributed by atoms with Gasteiger partial charge in [-0.1, -0.05) is 0 Å². The molecule has 0 saturated carbocycles. The molecule has 1 aromatic carbocycles. The molecule has 1 N–H and O–H groups in total. The Kier molecular flexibility index (Phi) is 6.63. The summed E-state index contributed by atoms with van der Waals surface area (Å²) in [4.78, 5) is 40.5. The van der Waals surface area contributed by atoms with Crippen LogP contribution < -0.4 is 5.32 Å². The van der Waals surface area contributed by atoms with Gasteiger partial charge in [-0.15, -0.1) is 11.3 Å². The molecule has 0 atom stereocenters. The number of aryl methyl sites for hydroxylation is 1. The third-order valence-corrected chi connectivity index (χ3v) is 5.08. The number of hydrogen-bond donors (Lipinski definition) is 1. The van der Waals surface area contributed by atoms with Gasteiger partial charge in [0.25, 0.3) is 0 Å². The summed E-state index contributed by atoms with van der Waals surface area (Å²) < 4.78 is 11.9. The van der Waals surface area contributed by atoms with E-state index in [1.807, 2.05) is 23.8 Å². The van der Waals surface area contributed by atoms with Crippen LogP contribution in [0.3, 0.4) is 0 Å². The highest BCUT2D eigenvalue weighted by Crippen LogP contribution is 2.22. The van der Waals surface area contributed by atoms with Crippen LogP contribution in [0.1, 0.15) is 39.0 Å². The molecule has 3 aromatic rings. The highest BCUT2D eigenvalue weighted by molar-refractivity contribution is 7.12. The molecule has 2 heterocycles. The Bertz CT molecular complexity index is 1060. The van der Waals surface area contributed by atoms with Crippen molar-refractivity contribution in [1.82, 2.24) is 9.55 Å². The zero-order valence-electron chi connectivity index (χ0n) is 16.8. The average molecular weight is 427 g/mol. The quantitative estimate of drug-likeness (QED) is 0.449. The molecule has 8 nitrogen and oxygen atoms in total. The van der Waals surface area contributed by atoms with Gasteiger partial charge in [-0.3, -0.25) is 14.7 Å². The summed E-state index contributed by atoms with van der Waals surface area (Å²) in [7, 11) is 0. The third-order valence-electron chi connectivity index (χ3n) is 4.32. The zero-order valence-corrected chi connectivity index (χ0v) is 17.6. The fourth-order valence-corrected chi connectivity index (χ4v) is 3.68. The minimum absolute atomic E-state index is 0.260. The summed E-state index contributed by atoms with van der Waals surface area (Å²) in [5.41, 5.74) is 2.87. The number of ketones is 1. The number of anilines is 1. The summed E-state index contributed by atoms with van der Waals surface area (Å²) in [6.45, 7) is 5.32. The number of Topliss-reactive ketones (excluding diaryl/α,β-unsaturated/α-hetero) is 1. The van der Waals surface area contributed by atoms with Gasteiger partial charge in [-0.25, -0.2) is 14.6 Å². The van der Waals surface area contributed by atoms with Gasteiger partial charge >= 0.3 is 12.1 Å². The Morgan fingerprint density at radius 1 is 1.13 bits per heavy atom. The molecule has 0 bridgehead atoms. The van der Waals surface area contributed by atoms with Crippen molar-refractivity contribution in [3.05, 3.63) is 64.4 Å². The van der Waals surface area contributed by atoms with E-state index in [1.54, 1.807) is 31.3 Å². The fraction of sp³-hybridized carbons (Fsp3) is 0.238. The van der Waals surface area contributed by atoms with Crippen LogP contribution in [-0.4, -0.2) is 40.6 Å². The van der Waals surface area contributed by atoms with Crippen LogP contribution in [-0.2, 0) is 9.47 Å². The lowest BCUT2D eigenvalue weighted by Gasteiger charge is -2.07. The Morgan fingerprint density at radius 3 is 2.50 bits per heavy atom. The van der Waals surface area contributed by atoms with Gasteiger partial charge in [0.2, 0.25) is 5.78 Å². The van der Waals surface area contributed by atoms with E-state index in [4.69, 9.17) is 9.47 Å². The maximum absolute atomic E-state index is 12.6. The first-order valence-corrected chi connectivity index (χ1v) is 10.1. The number of nitrogens with zero attached hydrogens (tertiary/aromatic N) is 2.